The molecule has 0 fully saturated rings. The fourth-order valence-corrected chi connectivity index (χ4v) is 3.55. The predicted octanol–water partition coefficient (Wildman–Crippen LogP) is 6.23. The highest BCUT2D eigenvalue weighted by Gasteiger charge is 2.09. The second kappa shape index (κ2) is 12.3. The van der Waals surface area contributed by atoms with E-state index in [0.29, 0.717) is 28.2 Å². The molecule has 3 rings (SSSR count). The van der Waals surface area contributed by atoms with Gasteiger partial charge in [0.05, 0.1) is 19.2 Å². The number of aryl methyl sites for hydroxylation is 1. The van der Waals surface area contributed by atoms with Gasteiger partial charge in [0.1, 0.15) is 6.61 Å². The van der Waals surface area contributed by atoms with Crippen LogP contribution in [0, 0.1) is 0 Å². The third-order valence-electron chi connectivity index (χ3n) is 4.86. The molecule has 0 spiro atoms. The molecule has 0 aliphatic rings. The number of carbonyl (C=O) groups is 1. The summed E-state index contributed by atoms with van der Waals surface area (Å²) < 4.78 is 11.6. The van der Waals surface area contributed by atoms with Gasteiger partial charge < -0.3 is 9.47 Å². The molecule has 7 heteroatoms. The molecule has 0 aromatic heterocycles. The maximum atomic E-state index is 12.2. The van der Waals surface area contributed by atoms with Crippen LogP contribution < -0.4 is 14.9 Å². The van der Waals surface area contributed by atoms with Crippen molar-refractivity contribution in [2.24, 2.45) is 5.10 Å². The van der Waals surface area contributed by atoms with Gasteiger partial charge in [0.2, 0.25) is 5.91 Å². The van der Waals surface area contributed by atoms with Crippen molar-refractivity contribution in [1.82, 2.24) is 5.43 Å². The lowest BCUT2D eigenvalue weighted by molar-refractivity contribution is -0.120. The first-order chi connectivity index (χ1) is 16.0. The molecule has 1 amide bonds. The minimum absolute atomic E-state index is 0.180. The minimum atomic E-state index is -0.180. The monoisotopic (exact) mass is 484 g/mol. The van der Waals surface area contributed by atoms with Crippen LogP contribution in [0.4, 0.5) is 0 Å². The number of halogens is 2. The van der Waals surface area contributed by atoms with E-state index in [1.54, 1.807) is 30.5 Å². The Morgan fingerprint density at radius 3 is 2.39 bits per heavy atom. The van der Waals surface area contributed by atoms with Crippen LogP contribution in [0.1, 0.15) is 36.1 Å². The molecule has 0 radical (unpaired) electrons. The van der Waals surface area contributed by atoms with E-state index in [9.17, 15) is 4.79 Å². The zero-order valence-corrected chi connectivity index (χ0v) is 20.1. The fourth-order valence-electron chi connectivity index (χ4n) is 3.08. The van der Waals surface area contributed by atoms with Gasteiger partial charge in [-0.25, -0.2) is 5.43 Å². The van der Waals surface area contributed by atoms with Gasteiger partial charge in [0.25, 0.3) is 0 Å². The third kappa shape index (κ3) is 7.52. The van der Waals surface area contributed by atoms with Crippen LogP contribution in [0.25, 0.3) is 0 Å². The molecule has 0 aliphatic carbocycles. The van der Waals surface area contributed by atoms with Crippen LogP contribution in [0.3, 0.4) is 0 Å². The summed E-state index contributed by atoms with van der Waals surface area (Å²) in [5.74, 6) is 0.980. The first-order valence-corrected chi connectivity index (χ1v) is 11.5. The van der Waals surface area contributed by atoms with Crippen molar-refractivity contribution in [1.29, 1.82) is 0 Å². The van der Waals surface area contributed by atoms with Crippen molar-refractivity contribution in [3.63, 3.8) is 0 Å². The summed E-state index contributed by atoms with van der Waals surface area (Å²) in [7, 11) is 0. The van der Waals surface area contributed by atoms with E-state index in [1.165, 1.54) is 5.56 Å². The molecule has 3 aromatic rings. The van der Waals surface area contributed by atoms with Gasteiger partial charge in [-0.05, 0) is 60.4 Å². The number of rotatable bonds is 10. The molecule has 0 unspecified atom stereocenters. The van der Waals surface area contributed by atoms with Gasteiger partial charge in [0, 0.05) is 15.6 Å². The second-order valence-electron chi connectivity index (χ2n) is 7.30. The van der Waals surface area contributed by atoms with Gasteiger partial charge in [-0.2, -0.15) is 5.10 Å². The fraction of sp³-hybridized carbons (Fsp3) is 0.231. The van der Waals surface area contributed by atoms with Gasteiger partial charge in [-0.3, -0.25) is 4.79 Å². The number of hydrogen-bond acceptors (Lipinski definition) is 4. The highest BCUT2D eigenvalue weighted by atomic mass is 35.5. The predicted molar refractivity (Wildman–Crippen MR) is 134 cm³/mol. The Morgan fingerprint density at radius 2 is 1.70 bits per heavy atom. The smallest absolute Gasteiger partial charge is 0.244 e. The second-order valence-corrected chi connectivity index (χ2v) is 8.15. The standard InChI is InChI=1S/C26H26Cl2N2O3/c1-3-18-5-7-19(8-6-18)14-26(31)30-29-16-20-9-12-24(25(13-20)32-4-2)33-17-21-10-11-22(27)15-23(21)28/h5-13,15-16H,3-4,14,17H2,1-2H3,(H,30,31)/b29-16+. The summed E-state index contributed by atoms with van der Waals surface area (Å²) in [5.41, 5.74) is 6.34. The highest BCUT2D eigenvalue weighted by molar-refractivity contribution is 6.35. The number of carbonyl (C=O) groups excluding carboxylic acids is 1. The Kier molecular flexibility index (Phi) is 9.16. The summed E-state index contributed by atoms with van der Waals surface area (Å²) in [6.45, 7) is 4.75. The maximum absolute atomic E-state index is 12.2. The largest absolute Gasteiger partial charge is 0.490 e. The van der Waals surface area contributed by atoms with E-state index in [4.69, 9.17) is 32.7 Å². The Hall–Kier alpha value is -3.02. The Labute approximate surface area is 204 Å². The van der Waals surface area contributed by atoms with Gasteiger partial charge in [0.15, 0.2) is 11.5 Å². The number of benzene rings is 3. The van der Waals surface area contributed by atoms with Crippen molar-refractivity contribution in [3.05, 3.63) is 93.0 Å². The summed E-state index contributed by atoms with van der Waals surface area (Å²) in [5, 5.41) is 5.18. The summed E-state index contributed by atoms with van der Waals surface area (Å²) >= 11 is 12.2. The molecule has 0 saturated carbocycles. The van der Waals surface area contributed by atoms with Crippen molar-refractivity contribution >= 4 is 35.3 Å². The SMILES string of the molecule is CCOc1cc(/C=N/NC(=O)Cc2ccc(CC)cc2)ccc1OCc1ccc(Cl)cc1Cl. The average Bonchev–Trinajstić information content (AvgIpc) is 2.80. The van der Waals surface area contributed by atoms with Crippen molar-refractivity contribution in [2.45, 2.75) is 33.3 Å². The molecule has 0 bridgehead atoms. The van der Waals surface area contributed by atoms with E-state index in [1.807, 2.05) is 43.3 Å². The van der Waals surface area contributed by atoms with Crippen LogP contribution >= 0.6 is 23.2 Å². The molecule has 3 aromatic carbocycles. The van der Waals surface area contributed by atoms with Crippen molar-refractivity contribution < 1.29 is 14.3 Å². The van der Waals surface area contributed by atoms with Gasteiger partial charge in [-0.15, -0.1) is 0 Å². The van der Waals surface area contributed by atoms with Crippen molar-refractivity contribution in [2.75, 3.05) is 6.61 Å². The lowest BCUT2D eigenvalue weighted by atomic mass is 10.1. The van der Waals surface area contributed by atoms with Crippen LogP contribution in [-0.2, 0) is 24.2 Å². The molecule has 1 N–H and O–H groups in total. The minimum Gasteiger partial charge on any atom is -0.490 e. The zero-order chi connectivity index (χ0) is 23.6. The topological polar surface area (TPSA) is 59.9 Å². The number of nitrogens with one attached hydrogen (secondary N) is 1. The van der Waals surface area contributed by atoms with Crippen LogP contribution in [0.15, 0.2) is 65.8 Å². The van der Waals surface area contributed by atoms with Crippen LogP contribution in [-0.4, -0.2) is 18.7 Å². The quantitative estimate of drug-likeness (QED) is 0.274. The lowest BCUT2D eigenvalue weighted by Gasteiger charge is -2.13. The molecule has 172 valence electrons. The molecule has 5 nitrogen and oxygen atoms in total. The number of ether oxygens (including phenoxy) is 2. The normalized spacial score (nSPS) is 10.9. The molecular formula is C26H26Cl2N2O3. The van der Waals surface area contributed by atoms with E-state index < -0.39 is 0 Å². The summed E-state index contributed by atoms with van der Waals surface area (Å²) in [6.07, 6.45) is 2.81. The first-order valence-electron chi connectivity index (χ1n) is 10.7. The Balaban J connectivity index is 1.60. The summed E-state index contributed by atoms with van der Waals surface area (Å²) in [6, 6.07) is 18.7. The first kappa shape index (κ1) is 24.6. The van der Waals surface area contributed by atoms with Crippen LogP contribution in [0.2, 0.25) is 10.0 Å². The number of hydrogen-bond donors (Lipinski definition) is 1. The van der Waals surface area contributed by atoms with E-state index in [2.05, 4.69) is 17.5 Å². The van der Waals surface area contributed by atoms with E-state index in [-0.39, 0.29) is 18.9 Å². The Morgan fingerprint density at radius 1 is 0.939 bits per heavy atom. The molecular weight excluding hydrogens is 459 g/mol. The Bertz CT molecular complexity index is 1120. The summed E-state index contributed by atoms with van der Waals surface area (Å²) in [4.78, 5) is 12.2. The number of amides is 1. The highest BCUT2D eigenvalue weighted by Crippen LogP contribution is 2.30. The lowest BCUT2D eigenvalue weighted by Crippen LogP contribution is -2.19. The maximum Gasteiger partial charge on any atom is 0.244 e. The molecule has 0 aliphatic heterocycles. The molecule has 33 heavy (non-hydrogen) atoms. The van der Waals surface area contributed by atoms with Crippen LogP contribution in [0.5, 0.6) is 11.5 Å². The number of nitrogens with zero attached hydrogens (tertiary/aromatic N) is 1. The van der Waals surface area contributed by atoms with Gasteiger partial charge >= 0.3 is 0 Å². The van der Waals surface area contributed by atoms with E-state index >= 15 is 0 Å². The van der Waals surface area contributed by atoms with Gasteiger partial charge in [-0.1, -0.05) is 60.5 Å². The zero-order valence-electron chi connectivity index (χ0n) is 18.6. The van der Waals surface area contributed by atoms with Crippen molar-refractivity contribution in [3.8, 4) is 11.5 Å². The number of hydrazone groups is 1. The third-order valence-corrected chi connectivity index (χ3v) is 5.45. The molecule has 0 atom stereocenters. The average molecular weight is 485 g/mol. The van der Waals surface area contributed by atoms with E-state index in [0.717, 1.165) is 23.1 Å². The molecule has 0 saturated heterocycles. The molecule has 0 heterocycles.